The topological polar surface area (TPSA) is 66.8 Å². The molecule has 0 saturated heterocycles. The van der Waals surface area contributed by atoms with Crippen LogP contribution < -0.4 is 0 Å². The normalized spacial score (nSPS) is 5.83. The van der Waals surface area contributed by atoms with Gasteiger partial charge < -0.3 is 21.9 Å². The molecule has 0 fully saturated rings. The molecule has 0 heterocycles. The monoisotopic (exact) mass is 213 g/mol. The van der Waals surface area contributed by atoms with Crippen LogP contribution in [-0.4, -0.2) is 37.5 Å². The fourth-order valence-corrected chi connectivity index (χ4v) is 0.246. The van der Waals surface area contributed by atoms with Gasteiger partial charge in [0.1, 0.15) is 0 Å². The average molecular weight is 213 g/mol. The van der Waals surface area contributed by atoms with E-state index in [4.69, 9.17) is 10.2 Å². The number of carbonyl (C=O) groups is 1. The summed E-state index contributed by atoms with van der Waals surface area (Å²) in [6.07, 6.45) is 1.04. The average Bonchev–Trinajstić information content (AvgIpc) is 2.12. The smallest absolute Gasteiger partial charge is 0.302 e. The molecule has 0 saturated carbocycles. The van der Waals surface area contributed by atoms with Gasteiger partial charge in [0, 0.05) is 42.4 Å². The quantitative estimate of drug-likeness (QED) is 0.384. The predicted octanol–water partition coefficient (Wildman–Crippen LogP) is -0.0118. The van der Waals surface area contributed by atoms with Crippen molar-refractivity contribution >= 4 is 5.97 Å². The Kier molecular flexibility index (Phi) is 57.6. The Balaban J connectivity index is -0.0000000560. The van der Waals surface area contributed by atoms with E-state index >= 15 is 0 Å². The van der Waals surface area contributed by atoms with Gasteiger partial charge in [-0.1, -0.05) is 0 Å². The van der Waals surface area contributed by atoms with Crippen molar-refractivity contribution in [2.24, 2.45) is 0 Å². The van der Waals surface area contributed by atoms with Crippen LogP contribution in [0.15, 0.2) is 0 Å². The van der Waals surface area contributed by atoms with Crippen LogP contribution in [0.3, 0.4) is 0 Å². The molecule has 0 bridgehead atoms. The minimum absolute atomic E-state index is 0. The minimum atomic E-state index is -0.185. The maximum Gasteiger partial charge on any atom is 0.302 e. The zero-order valence-corrected chi connectivity index (χ0v) is 9.39. The first-order valence-electron chi connectivity index (χ1n) is 3.06. The molecule has 5 heteroatoms. The van der Waals surface area contributed by atoms with E-state index in [0.717, 1.165) is 14.2 Å². The minimum Gasteiger partial charge on any atom is -0.469 e. The molecule has 0 aromatic carbocycles. The molecule has 2 N–H and O–H groups in total. The van der Waals surface area contributed by atoms with E-state index in [2.05, 4.69) is 11.7 Å². The number of ether oxygens (including phenoxy) is 1. The molecule has 0 aliphatic carbocycles. The third-order valence-electron chi connectivity index (χ3n) is 0.609. The second-order valence-corrected chi connectivity index (χ2v) is 1.18. The fourth-order valence-electron chi connectivity index (χ4n) is 0.246. The molecule has 0 aromatic rings. The molecule has 0 spiro atoms. The summed E-state index contributed by atoms with van der Waals surface area (Å²) in [5, 5.41) is 14.0. The number of hydrogen-bond acceptors (Lipinski definition) is 4. The van der Waals surface area contributed by atoms with Crippen molar-refractivity contribution in [2.75, 3.05) is 21.3 Å². The molecule has 4 nitrogen and oxygen atoms in total. The maximum absolute atomic E-state index is 10.1. The predicted molar refractivity (Wildman–Crippen MR) is 42.9 cm³/mol. The summed E-state index contributed by atoms with van der Waals surface area (Å²) in [5.74, 6) is -0.185. The summed E-state index contributed by atoms with van der Waals surface area (Å²) >= 11 is 0. The Morgan fingerprint density at radius 3 is 1.75 bits per heavy atom. The summed E-state index contributed by atoms with van der Waals surface area (Å²) in [5.41, 5.74) is 0. The molecule has 0 rings (SSSR count). The van der Waals surface area contributed by atoms with Gasteiger partial charge in [-0.25, -0.2) is 0 Å². The van der Waals surface area contributed by atoms with E-state index in [1.54, 1.807) is 0 Å². The zero-order valence-electron chi connectivity index (χ0n) is 7.83. The zero-order chi connectivity index (χ0) is 9.70. The van der Waals surface area contributed by atoms with Gasteiger partial charge >= 0.3 is 5.97 Å². The van der Waals surface area contributed by atoms with E-state index in [1.165, 1.54) is 7.11 Å². The molecule has 74 valence electrons. The van der Waals surface area contributed by atoms with Crippen LogP contribution in [0, 0.1) is 6.92 Å². The van der Waals surface area contributed by atoms with Crippen molar-refractivity contribution in [2.45, 2.75) is 12.8 Å². The van der Waals surface area contributed by atoms with Crippen molar-refractivity contribution in [1.29, 1.82) is 0 Å². The number of rotatable bonds is 2. The van der Waals surface area contributed by atoms with Gasteiger partial charge in [-0.2, -0.15) is 6.42 Å². The third kappa shape index (κ3) is 32.1. The summed E-state index contributed by atoms with van der Waals surface area (Å²) in [6, 6.07) is 0. The Morgan fingerprint density at radius 2 is 1.67 bits per heavy atom. The molecule has 0 aromatic heterocycles. The first-order chi connectivity index (χ1) is 5.31. The molecular weight excluding hydrogens is 196 g/mol. The molecule has 0 amide bonds. The van der Waals surface area contributed by atoms with Crippen LogP contribution in [-0.2, 0) is 31.2 Å². The molecule has 0 unspecified atom stereocenters. The first kappa shape index (κ1) is 22.7. The Bertz CT molecular complexity index is 68.4. The van der Waals surface area contributed by atoms with Crippen LogP contribution in [0.1, 0.15) is 12.8 Å². The largest absolute Gasteiger partial charge is 0.469 e. The van der Waals surface area contributed by atoms with Crippen molar-refractivity contribution in [3.05, 3.63) is 6.92 Å². The molecule has 0 atom stereocenters. The number of hydrogen-bond donors (Lipinski definition) is 2. The number of aliphatic hydroxyl groups excluding tert-OH is 2. The van der Waals surface area contributed by atoms with Gasteiger partial charge in [-0.15, -0.1) is 0 Å². The van der Waals surface area contributed by atoms with Gasteiger partial charge in [0.05, 0.1) is 7.11 Å². The van der Waals surface area contributed by atoms with Crippen molar-refractivity contribution in [1.82, 2.24) is 0 Å². The third-order valence-corrected chi connectivity index (χ3v) is 0.609. The van der Waals surface area contributed by atoms with Gasteiger partial charge in [0.2, 0.25) is 0 Å². The fraction of sp³-hybridized carbons (Fsp3) is 0.714. The molecular formula is C7H17O4Ti-. The summed E-state index contributed by atoms with van der Waals surface area (Å²) in [6.45, 7) is 3.47. The molecule has 12 heavy (non-hydrogen) atoms. The Hall–Kier alpha value is 0.104. The Labute approximate surface area is 88.8 Å². The molecule has 0 aliphatic rings. The maximum atomic E-state index is 10.1. The van der Waals surface area contributed by atoms with E-state index < -0.39 is 0 Å². The molecule has 0 aliphatic heterocycles. The van der Waals surface area contributed by atoms with Crippen molar-refractivity contribution < 1.29 is 41.5 Å². The van der Waals surface area contributed by atoms with Crippen molar-refractivity contribution in [3.8, 4) is 0 Å². The van der Waals surface area contributed by atoms with Crippen LogP contribution in [0.25, 0.3) is 0 Å². The standard InChI is InChI=1S/C5H9O2.2CH4O.Ti/c1-3-4-5(6)7-2;2*1-2;/h1,3-4H2,2H3;2*2H,1H3;/q-1;;;. The summed E-state index contributed by atoms with van der Waals surface area (Å²) < 4.78 is 4.31. The number of aliphatic hydroxyl groups is 2. The summed E-state index contributed by atoms with van der Waals surface area (Å²) in [4.78, 5) is 10.1. The number of methoxy groups -OCH3 is 1. The van der Waals surface area contributed by atoms with Gasteiger partial charge in [0.25, 0.3) is 0 Å². The van der Waals surface area contributed by atoms with Crippen LogP contribution in [0.5, 0.6) is 0 Å². The van der Waals surface area contributed by atoms with Crippen LogP contribution >= 0.6 is 0 Å². The first-order valence-corrected chi connectivity index (χ1v) is 3.06. The second kappa shape index (κ2) is 30.4. The van der Waals surface area contributed by atoms with Crippen LogP contribution in [0.2, 0.25) is 0 Å². The van der Waals surface area contributed by atoms with Gasteiger partial charge in [0.15, 0.2) is 0 Å². The number of esters is 1. The molecule has 0 radical (unpaired) electrons. The van der Waals surface area contributed by atoms with Crippen LogP contribution in [0.4, 0.5) is 0 Å². The van der Waals surface area contributed by atoms with E-state index in [0.29, 0.717) is 12.8 Å². The van der Waals surface area contributed by atoms with Gasteiger partial charge in [-0.3, -0.25) is 4.79 Å². The van der Waals surface area contributed by atoms with E-state index in [9.17, 15) is 4.79 Å². The van der Waals surface area contributed by atoms with E-state index in [1.807, 2.05) is 0 Å². The Morgan fingerprint density at radius 1 is 1.33 bits per heavy atom. The van der Waals surface area contributed by atoms with Crippen molar-refractivity contribution in [3.63, 3.8) is 0 Å². The van der Waals surface area contributed by atoms with E-state index in [-0.39, 0.29) is 27.7 Å². The van der Waals surface area contributed by atoms with Gasteiger partial charge in [-0.05, 0) is 0 Å². The SMILES string of the molecule is CO.CO.[CH2-]CCC(=O)OC.[Ti]. The number of carbonyl (C=O) groups excluding carboxylic acids is 1. The summed E-state index contributed by atoms with van der Waals surface area (Å²) in [7, 11) is 3.37. The second-order valence-electron chi connectivity index (χ2n) is 1.18.